The lowest BCUT2D eigenvalue weighted by Gasteiger charge is -2.27. The summed E-state index contributed by atoms with van der Waals surface area (Å²) >= 11 is 1.41. The van der Waals surface area contributed by atoms with E-state index in [2.05, 4.69) is 9.88 Å². The van der Waals surface area contributed by atoms with Crippen molar-refractivity contribution in [2.45, 2.75) is 32.0 Å². The maximum absolute atomic E-state index is 11.0. The van der Waals surface area contributed by atoms with Crippen molar-refractivity contribution >= 4 is 22.8 Å². The lowest BCUT2D eigenvalue weighted by atomic mass is 10.1. The van der Waals surface area contributed by atoms with Crippen molar-refractivity contribution in [2.75, 3.05) is 32.2 Å². The zero-order valence-electron chi connectivity index (χ0n) is 11.4. The van der Waals surface area contributed by atoms with Gasteiger partial charge in [-0.25, -0.2) is 4.98 Å². The van der Waals surface area contributed by atoms with Crippen LogP contribution in [0.4, 0.5) is 5.13 Å². The van der Waals surface area contributed by atoms with Crippen LogP contribution in [0.2, 0.25) is 0 Å². The molecule has 1 saturated heterocycles. The molecule has 5 nitrogen and oxygen atoms in total. The van der Waals surface area contributed by atoms with Crippen molar-refractivity contribution < 1.29 is 14.3 Å². The van der Waals surface area contributed by atoms with Crippen molar-refractivity contribution in [1.82, 2.24) is 4.98 Å². The summed E-state index contributed by atoms with van der Waals surface area (Å²) < 4.78 is 10.8. The van der Waals surface area contributed by atoms with Crippen molar-refractivity contribution in [3.8, 4) is 0 Å². The van der Waals surface area contributed by atoms with Gasteiger partial charge in [0.25, 0.3) is 0 Å². The molecule has 1 aromatic heterocycles. The number of aldehydes is 1. The molecule has 0 aliphatic carbocycles. The standard InChI is InChI=1S/C13H20N2O3S/c1-15(7-10-5-3-4-6-18-10)13-14-11(9-17-2)12(8-16)19-13/h8,10H,3-7,9H2,1-2H3. The predicted octanol–water partition coefficient (Wildman–Crippen LogP) is 2.11. The first-order valence-corrected chi connectivity index (χ1v) is 7.32. The molecule has 0 aromatic carbocycles. The van der Waals surface area contributed by atoms with Gasteiger partial charge in [0.15, 0.2) is 11.4 Å². The minimum atomic E-state index is 0.271. The number of carbonyl (C=O) groups is 1. The number of ether oxygens (including phenoxy) is 2. The average Bonchev–Trinajstić information content (AvgIpc) is 2.83. The molecule has 0 radical (unpaired) electrons. The molecule has 0 spiro atoms. The Labute approximate surface area is 117 Å². The Hall–Kier alpha value is -0.980. The molecule has 2 rings (SSSR count). The second-order valence-electron chi connectivity index (χ2n) is 4.73. The molecule has 1 atom stereocenters. The molecular formula is C13H20N2O3S. The zero-order chi connectivity index (χ0) is 13.7. The Bertz CT molecular complexity index is 416. The number of carbonyl (C=O) groups excluding carboxylic acids is 1. The summed E-state index contributed by atoms with van der Waals surface area (Å²) in [5.41, 5.74) is 0.717. The van der Waals surface area contributed by atoms with Crippen molar-refractivity contribution in [3.05, 3.63) is 10.6 Å². The van der Waals surface area contributed by atoms with E-state index in [0.717, 1.165) is 37.4 Å². The molecule has 0 bridgehead atoms. The second kappa shape index (κ2) is 6.98. The normalized spacial score (nSPS) is 19.4. The molecule has 0 N–H and O–H groups in total. The van der Waals surface area contributed by atoms with Gasteiger partial charge in [0.1, 0.15) is 0 Å². The van der Waals surface area contributed by atoms with Gasteiger partial charge in [-0.2, -0.15) is 0 Å². The Morgan fingerprint density at radius 1 is 1.58 bits per heavy atom. The SMILES string of the molecule is COCc1nc(N(C)CC2CCCCO2)sc1C=O. The molecule has 1 aromatic rings. The van der Waals surface area contributed by atoms with Gasteiger partial charge >= 0.3 is 0 Å². The summed E-state index contributed by atoms with van der Waals surface area (Å²) in [6.45, 7) is 2.04. The molecule has 1 fully saturated rings. The van der Waals surface area contributed by atoms with E-state index >= 15 is 0 Å². The van der Waals surface area contributed by atoms with Crippen LogP contribution >= 0.6 is 11.3 Å². The van der Waals surface area contributed by atoms with E-state index < -0.39 is 0 Å². The molecule has 6 heteroatoms. The molecule has 2 heterocycles. The first-order chi connectivity index (χ1) is 9.24. The highest BCUT2D eigenvalue weighted by atomic mass is 32.1. The highest BCUT2D eigenvalue weighted by molar-refractivity contribution is 7.17. The summed E-state index contributed by atoms with van der Waals surface area (Å²) in [7, 11) is 3.59. The van der Waals surface area contributed by atoms with Crippen LogP contribution in [0.3, 0.4) is 0 Å². The van der Waals surface area contributed by atoms with E-state index in [9.17, 15) is 4.79 Å². The summed E-state index contributed by atoms with van der Waals surface area (Å²) in [4.78, 5) is 18.2. The van der Waals surface area contributed by atoms with Gasteiger partial charge in [-0.1, -0.05) is 11.3 Å². The third kappa shape index (κ3) is 3.75. The third-order valence-corrected chi connectivity index (χ3v) is 4.32. The van der Waals surface area contributed by atoms with Gasteiger partial charge in [0.05, 0.1) is 23.3 Å². The van der Waals surface area contributed by atoms with Crippen LogP contribution in [0.5, 0.6) is 0 Å². The number of aromatic nitrogens is 1. The Morgan fingerprint density at radius 3 is 3.05 bits per heavy atom. The lowest BCUT2D eigenvalue weighted by molar-refractivity contribution is 0.0216. The first-order valence-electron chi connectivity index (χ1n) is 6.51. The number of nitrogens with zero attached hydrogens (tertiary/aromatic N) is 2. The minimum Gasteiger partial charge on any atom is -0.378 e. The van der Waals surface area contributed by atoms with Gasteiger partial charge in [0.2, 0.25) is 0 Å². The maximum Gasteiger partial charge on any atom is 0.186 e. The maximum atomic E-state index is 11.0. The van der Waals surface area contributed by atoms with Crippen LogP contribution in [0, 0.1) is 0 Å². The van der Waals surface area contributed by atoms with Gasteiger partial charge in [-0.3, -0.25) is 4.79 Å². The van der Waals surface area contributed by atoms with Gasteiger partial charge in [-0.15, -0.1) is 0 Å². The number of hydrogen-bond donors (Lipinski definition) is 0. The highest BCUT2D eigenvalue weighted by Gasteiger charge is 2.19. The molecule has 0 saturated carbocycles. The van der Waals surface area contributed by atoms with Crippen LogP contribution in [0.1, 0.15) is 34.6 Å². The molecule has 1 aliphatic rings. The van der Waals surface area contributed by atoms with Crippen LogP contribution in [-0.4, -0.2) is 44.7 Å². The van der Waals surface area contributed by atoms with Crippen molar-refractivity contribution in [3.63, 3.8) is 0 Å². The number of thiazole rings is 1. The van der Waals surface area contributed by atoms with Crippen LogP contribution in [0.25, 0.3) is 0 Å². The molecular weight excluding hydrogens is 264 g/mol. The molecule has 1 aliphatic heterocycles. The van der Waals surface area contributed by atoms with E-state index in [0.29, 0.717) is 17.2 Å². The zero-order valence-corrected chi connectivity index (χ0v) is 12.2. The van der Waals surface area contributed by atoms with E-state index in [-0.39, 0.29) is 6.10 Å². The molecule has 106 valence electrons. The van der Waals surface area contributed by atoms with E-state index in [1.54, 1.807) is 7.11 Å². The average molecular weight is 284 g/mol. The monoisotopic (exact) mass is 284 g/mol. The fourth-order valence-corrected chi connectivity index (χ4v) is 3.03. The fourth-order valence-electron chi connectivity index (χ4n) is 2.18. The Morgan fingerprint density at radius 2 is 2.42 bits per heavy atom. The Balaban J connectivity index is 2.01. The van der Waals surface area contributed by atoms with Crippen LogP contribution in [0.15, 0.2) is 0 Å². The van der Waals surface area contributed by atoms with E-state index in [1.165, 1.54) is 17.8 Å². The van der Waals surface area contributed by atoms with Crippen molar-refractivity contribution in [1.29, 1.82) is 0 Å². The smallest absolute Gasteiger partial charge is 0.186 e. The summed E-state index contributed by atoms with van der Waals surface area (Å²) in [5, 5.41) is 0.850. The third-order valence-electron chi connectivity index (χ3n) is 3.18. The number of methoxy groups -OCH3 is 1. The predicted molar refractivity (Wildman–Crippen MR) is 75.1 cm³/mol. The van der Waals surface area contributed by atoms with Gasteiger partial charge in [-0.05, 0) is 19.3 Å². The van der Waals surface area contributed by atoms with Crippen molar-refractivity contribution in [2.24, 2.45) is 0 Å². The summed E-state index contributed by atoms with van der Waals surface area (Å²) in [6.07, 6.45) is 4.60. The fraction of sp³-hybridized carbons (Fsp3) is 0.692. The number of hydrogen-bond acceptors (Lipinski definition) is 6. The number of anilines is 1. The van der Waals surface area contributed by atoms with E-state index in [4.69, 9.17) is 9.47 Å². The number of rotatable bonds is 6. The lowest BCUT2D eigenvalue weighted by Crippen LogP contribution is -2.33. The van der Waals surface area contributed by atoms with Gasteiger partial charge in [0, 0.05) is 27.3 Å². The molecule has 1 unspecified atom stereocenters. The number of likely N-dealkylation sites (N-methyl/N-ethyl adjacent to an activating group) is 1. The highest BCUT2D eigenvalue weighted by Crippen LogP contribution is 2.26. The quantitative estimate of drug-likeness (QED) is 0.749. The largest absolute Gasteiger partial charge is 0.378 e. The summed E-state index contributed by atoms with van der Waals surface area (Å²) in [5.74, 6) is 0. The first kappa shape index (κ1) is 14.4. The minimum absolute atomic E-state index is 0.271. The van der Waals surface area contributed by atoms with E-state index in [1.807, 2.05) is 7.05 Å². The van der Waals surface area contributed by atoms with Crippen LogP contribution < -0.4 is 4.90 Å². The topological polar surface area (TPSA) is 51.7 Å². The Kier molecular flexibility index (Phi) is 5.30. The van der Waals surface area contributed by atoms with Gasteiger partial charge < -0.3 is 14.4 Å². The molecule has 19 heavy (non-hydrogen) atoms. The summed E-state index contributed by atoms with van der Waals surface area (Å²) in [6, 6.07) is 0. The van der Waals surface area contributed by atoms with Crippen LogP contribution in [-0.2, 0) is 16.1 Å². The second-order valence-corrected chi connectivity index (χ2v) is 5.74. The molecule has 0 amide bonds.